The molecule has 180 valence electrons. The van der Waals surface area contributed by atoms with Gasteiger partial charge in [-0.15, -0.1) is 11.3 Å². The first kappa shape index (κ1) is 25.3. The number of rotatable bonds is 11. The van der Waals surface area contributed by atoms with Crippen LogP contribution in [0, 0.1) is 0 Å². The molecule has 0 aliphatic heterocycles. The first-order valence-electron chi connectivity index (χ1n) is 10.9. The smallest absolute Gasteiger partial charge is 0.321 e. The summed E-state index contributed by atoms with van der Waals surface area (Å²) < 4.78 is 16.2. The van der Waals surface area contributed by atoms with Crippen molar-refractivity contribution in [1.82, 2.24) is 9.71 Å². The number of hydrogen-bond acceptors (Lipinski definition) is 6. The van der Waals surface area contributed by atoms with Gasteiger partial charge in [-0.05, 0) is 34.4 Å². The van der Waals surface area contributed by atoms with Crippen LogP contribution in [0.2, 0.25) is 0 Å². The molecule has 35 heavy (non-hydrogen) atoms. The highest BCUT2D eigenvalue weighted by atomic mass is 32.2. The fourth-order valence-corrected chi connectivity index (χ4v) is 6.03. The molecular weight excluding hydrogens is 500 g/mol. The summed E-state index contributed by atoms with van der Waals surface area (Å²) in [7, 11) is -1.74. The fraction of sp³-hybridized carbons (Fsp3) is 0.154. The molecule has 1 heterocycles. The number of thioether (sulfide) groups is 1. The number of aromatic nitrogens is 1. The summed E-state index contributed by atoms with van der Waals surface area (Å²) in [6.07, 6.45) is 0.733. The average molecular weight is 525 g/mol. The van der Waals surface area contributed by atoms with Crippen LogP contribution in [-0.4, -0.2) is 43.3 Å². The zero-order valence-corrected chi connectivity index (χ0v) is 21.1. The van der Waals surface area contributed by atoms with E-state index < -0.39 is 29.1 Å². The topological polar surface area (TPSA) is 99.5 Å². The van der Waals surface area contributed by atoms with Crippen molar-refractivity contribution < 1.29 is 19.2 Å². The number of benzene rings is 3. The molecule has 9 heteroatoms. The van der Waals surface area contributed by atoms with Crippen molar-refractivity contribution in [2.45, 2.75) is 27.8 Å². The lowest BCUT2D eigenvalue weighted by atomic mass is 10.0. The molecule has 6 nitrogen and oxygen atoms in total. The molecule has 3 N–H and O–H groups in total. The van der Waals surface area contributed by atoms with Gasteiger partial charge in [0.25, 0.3) is 0 Å². The minimum absolute atomic E-state index is 0.0642. The number of aliphatic carboxylic acids is 1. The molecule has 4 aromatic rings. The molecule has 2 unspecified atom stereocenters. The van der Waals surface area contributed by atoms with E-state index >= 15 is 0 Å². The van der Waals surface area contributed by atoms with Crippen LogP contribution in [0.3, 0.4) is 0 Å². The van der Waals surface area contributed by atoms with Crippen LogP contribution in [0.5, 0.6) is 0 Å². The quantitative estimate of drug-likeness (QED) is 0.237. The highest BCUT2D eigenvalue weighted by Gasteiger charge is 2.24. The molecule has 0 saturated carbocycles. The molecule has 0 spiro atoms. The summed E-state index contributed by atoms with van der Waals surface area (Å²) in [6.45, 7) is 0. The fourth-order valence-electron chi connectivity index (χ4n) is 3.44. The van der Waals surface area contributed by atoms with Crippen molar-refractivity contribution in [2.75, 3.05) is 5.75 Å². The van der Waals surface area contributed by atoms with E-state index in [1.807, 2.05) is 47.8 Å². The SMILES string of the molecule is O=C(O)[C@H](CC(O)CSc1nccs1)NS(=O)c1ccc(-c2ccc(-c3ccccc3)cc2)cc1. The van der Waals surface area contributed by atoms with Gasteiger partial charge in [0.2, 0.25) is 0 Å². The van der Waals surface area contributed by atoms with Crippen LogP contribution in [0.1, 0.15) is 6.42 Å². The lowest BCUT2D eigenvalue weighted by Gasteiger charge is -2.17. The summed E-state index contributed by atoms with van der Waals surface area (Å²) in [5.41, 5.74) is 4.27. The van der Waals surface area contributed by atoms with Gasteiger partial charge in [0, 0.05) is 23.8 Å². The van der Waals surface area contributed by atoms with Crippen LogP contribution in [0.4, 0.5) is 0 Å². The molecule has 3 atom stereocenters. The number of thiazole rings is 1. The van der Waals surface area contributed by atoms with Gasteiger partial charge in [0.15, 0.2) is 0 Å². The molecule has 0 radical (unpaired) electrons. The zero-order valence-electron chi connectivity index (χ0n) is 18.6. The molecule has 0 bridgehead atoms. The third-order valence-electron chi connectivity index (χ3n) is 5.26. The number of nitrogens with one attached hydrogen (secondary N) is 1. The zero-order chi connectivity index (χ0) is 24.6. The Morgan fingerprint density at radius 1 is 0.943 bits per heavy atom. The van der Waals surface area contributed by atoms with Crippen molar-refractivity contribution in [3.05, 3.63) is 90.4 Å². The second-order valence-corrected chi connectivity index (χ2v) is 11.1. The number of carboxylic acids is 1. The van der Waals surface area contributed by atoms with Gasteiger partial charge in [0.05, 0.1) is 11.0 Å². The third-order valence-corrected chi connectivity index (χ3v) is 8.57. The van der Waals surface area contributed by atoms with Crippen molar-refractivity contribution in [1.29, 1.82) is 0 Å². The van der Waals surface area contributed by atoms with Gasteiger partial charge in [-0.2, -0.15) is 0 Å². The van der Waals surface area contributed by atoms with Crippen molar-refractivity contribution in [3.8, 4) is 22.3 Å². The number of carbonyl (C=O) groups is 1. The highest BCUT2D eigenvalue weighted by molar-refractivity contribution is 8.01. The van der Waals surface area contributed by atoms with Crippen LogP contribution in [-0.2, 0) is 15.8 Å². The van der Waals surface area contributed by atoms with E-state index in [4.69, 9.17) is 0 Å². The monoisotopic (exact) mass is 524 g/mol. The number of aliphatic hydroxyl groups excluding tert-OH is 1. The van der Waals surface area contributed by atoms with Gasteiger partial charge >= 0.3 is 5.97 Å². The molecule has 3 aromatic carbocycles. The van der Waals surface area contributed by atoms with E-state index in [9.17, 15) is 19.2 Å². The summed E-state index contributed by atoms with van der Waals surface area (Å²) in [5.74, 6) is -0.851. The lowest BCUT2D eigenvalue weighted by molar-refractivity contribution is -0.139. The van der Waals surface area contributed by atoms with Crippen molar-refractivity contribution in [2.24, 2.45) is 0 Å². The minimum Gasteiger partial charge on any atom is -0.480 e. The van der Waals surface area contributed by atoms with E-state index in [-0.39, 0.29) is 6.42 Å². The van der Waals surface area contributed by atoms with Crippen LogP contribution in [0.25, 0.3) is 22.3 Å². The van der Waals surface area contributed by atoms with Gasteiger partial charge in [-0.3, -0.25) is 4.79 Å². The van der Waals surface area contributed by atoms with Crippen LogP contribution >= 0.6 is 23.1 Å². The second-order valence-electron chi connectivity index (χ2n) is 7.74. The van der Waals surface area contributed by atoms with Gasteiger partial charge in [0.1, 0.15) is 21.4 Å². The van der Waals surface area contributed by atoms with E-state index in [2.05, 4.69) is 34.0 Å². The molecule has 0 aliphatic rings. The predicted octanol–water partition coefficient (Wildman–Crippen LogP) is 5.09. The molecule has 0 fully saturated rings. The standard InChI is InChI=1S/C26H24N2O4S3/c29-22(17-34-26-27-14-15-33-26)16-24(25(30)31)28-35(32)23-12-10-21(11-13-23)20-8-6-19(7-9-20)18-4-2-1-3-5-18/h1-15,22,24,28-29H,16-17H2,(H,30,31)/t22?,24-,35?/m0/s1. The Hall–Kier alpha value is -2.82. The van der Waals surface area contributed by atoms with E-state index in [1.165, 1.54) is 23.1 Å². The Morgan fingerprint density at radius 2 is 1.51 bits per heavy atom. The third kappa shape index (κ3) is 7.09. The normalized spacial score (nSPS) is 13.7. The summed E-state index contributed by atoms with van der Waals surface area (Å²) in [5, 5.41) is 21.6. The number of carboxylic acid groups (broad SMARTS) is 1. The summed E-state index contributed by atoms with van der Waals surface area (Å²) in [6, 6.07) is 24.4. The number of aliphatic hydroxyl groups is 1. The maximum Gasteiger partial charge on any atom is 0.321 e. The van der Waals surface area contributed by atoms with Gasteiger partial charge in [-0.25, -0.2) is 13.9 Å². The molecule has 4 rings (SSSR count). The minimum atomic E-state index is -1.74. The Labute approximate surface area is 214 Å². The predicted molar refractivity (Wildman–Crippen MR) is 142 cm³/mol. The Kier molecular flexibility index (Phi) is 8.84. The number of hydrogen-bond donors (Lipinski definition) is 3. The van der Waals surface area contributed by atoms with Crippen molar-refractivity contribution in [3.63, 3.8) is 0 Å². The van der Waals surface area contributed by atoms with Crippen molar-refractivity contribution >= 4 is 40.1 Å². The van der Waals surface area contributed by atoms with E-state index in [1.54, 1.807) is 18.3 Å². The molecule has 1 aromatic heterocycles. The first-order valence-corrected chi connectivity index (χ1v) is 13.9. The largest absolute Gasteiger partial charge is 0.480 e. The molecule has 0 saturated heterocycles. The summed E-state index contributed by atoms with van der Waals surface area (Å²) in [4.78, 5) is 16.3. The molecule has 0 aliphatic carbocycles. The van der Waals surface area contributed by atoms with E-state index in [0.717, 1.165) is 26.6 Å². The highest BCUT2D eigenvalue weighted by Crippen LogP contribution is 2.26. The second kappa shape index (κ2) is 12.2. The molecular formula is C26H24N2O4S3. The maximum absolute atomic E-state index is 12.8. The Bertz CT molecular complexity index is 1250. The Balaban J connectivity index is 1.36. The summed E-state index contributed by atoms with van der Waals surface area (Å²) >= 11 is 2.82. The maximum atomic E-state index is 12.8. The lowest BCUT2D eigenvalue weighted by Crippen LogP contribution is -2.40. The van der Waals surface area contributed by atoms with Gasteiger partial charge in [-0.1, -0.05) is 78.5 Å². The van der Waals surface area contributed by atoms with E-state index in [0.29, 0.717) is 10.6 Å². The average Bonchev–Trinajstić information content (AvgIpc) is 3.41. The van der Waals surface area contributed by atoms with Crippen LogP contribution < -0.4 is 4.72 Å². The molecule has 0 amide bonds. The van der Waals surface area contributed by atoms with Gasteiger partial charge < -0.3 is 10.2 Å². The Morgan fingerprint density at radius 3 is 2.06 bits per heavy atom. The number of nitrogens with zero attached hydrogens (tertiary/aromatic N) is 1. The van der Waals surface area contributed by atoms with Crippen LogP contribution in [0.15, 0.2) is 99.7 Å². The first-order chi connectivity index (χ1) is 17.0.